The number of benzene rings is 2. The molecule has 0 aliphatic carbocycles. The van der Waals surface area contributed by atoms with Gasteiger partial charge in [-0.2, -0.15) is 0 Å². The quantitative estimate of drug-likeness (QED) is 0.534. The number of likely N-dealkylation sites (tertiary alicyclic amines) is 1. The lowest BCUT2D eigenvalue weighted by Gasteiger charge is -2.19. The van der Waals surface area contributed by atoms with E-state index in [1.807, 2.05) is 30.3 Å². The zero-order valence-electron chi connectivity index (χ0n) is 20.3. The standard InChI is InChI=1S/C26H32N4O5/c1-26(2,3)35-25(34)27-14-13-22(31)28-20-9-11-21(12-10-20)29-24(33)19-15-23(32)30(17-19)16-18-7-5-4-6-8-18/h4-12,19H,13-17H2,1-3H3,(H,27,34)(H,28,31)(H,29,33). The summed E-state index contributed by atoms with van der Waals surface area (Å²) in [6, 6.07) is 16.4. The van der Waals surface area contributed by atoms with Crippen LogP contribution in [0.15, 0.2) is 54.6 Å². The first-order chi connectivity index (χ1) is 16.6. The lowest BCUT2D eigenvalue weighted by molar-refractivity contribution is -0.128. The fourth-order valence-electron chi connectivity index (χ4n) is 3.60. The number of anilines is 2. The molecule has 1 fully saturated rings. The van der Waals surface area contributed by atoms with Crippen molar-refractivity contribution in [2.24, 2.45) is 5.92 Å². The van der Waals surface area contributed by atoms with Gasteiger partial charge < -0.3 is 25.6 Å². The average Bonchev–Trinajstić information content (AvgIpc) is 3.15. The predicted molar refractivity (Wildman–Crippen MR) is 133 cm³/mol. The van der Waals surface area contributed by atoms with E-state index in [1.54, 1.807) is 49.9 Å². The van der Waals surface area contributed by atoms with Crippen LogP contribution < -0.4 is 16.0 Å². The zero-order valence-corrected chi connectivity index (χ0v) is 20.3. The normalized spacial score (nSPS) is 15.5. The summed E-state index contributed by atoms with van der Waals surface area (Å²) in [5.74, 6) is -0.920. The Morgan fingerprint density at radius 3 is 2.23 bits per heavy atom. The molecule has 0 saturated carbocycles. The Balaban J connectivity index is 1.42. The number of ether oxygens (including phenoxy) is 1. The highest BCUT2D eigenvalue weighted by Gasteiger charge is 2.34. The van der Waals surface area contributed by atoms with Gasteiger partial charge in [0.2, 0.25) is 17.7 Å². The summed E-state index contributed by atoms with van der Waals surface area (Å²) in [5, 5.41) is 8.12. The van der Waals surface area contributed by atoms with Gasteiger partial charge in [0.05, 0.1) is 5.92 Å². The van der Waals surface area contributed by atoms with E-state index in [2.05, 4.69) is 16.0 Å². The Hall–Kier alpha value is -3.88. The van der Waals surface area contributed by atoms with E-state index < -0.39 is 17.6 Å². The molecule has 2 aromatic carbocycles. The maximum atomic E-state index is 12.7. The van der Waals surface area contributed by atoms with Crippen LogP contribution in [0.25, 0.3) is 0 Å². The van der Waals surface area contributed by atoms with E-state index in [-0.39, 0.29) is 37.1 Å². The topological polar surface area (TPSA) is 117 Å². The molecule has 0 spiro atoms. The lowest BCUT2D eigenvalue weighted by Crippen LogP contribution is -2.34. The third-order valence-electron chi connectivity index (χ3n) is 5.26. The monoisotopic (exact) mass is 480 g/mol. The number of nitrogens with zero attached hydrogens (tertiary/aromatic N) is 1. The lowest BCUT2D eigenvalue weighted by atomic mass is 10.1. The summed E-state index contributed by atoms with van der Waals surface area (Å²) in [6.07, 6.45) is -0.297. The fourth-order valence-corrected chi connectivity index (χ4v) is 3.60. The maximum absolute atomic E-state index is 12.7. The highest BCUT2D eigenvalue weighted by molar-refractivity contribution is 5.97. The molecule has 3 N–H and O–H groups in total. The molecule has 2 aromatic rings. The largest absolute Gasteiger partial charge is 0.444 e. The van der Waals surface area contributed by atoms with Crippen LogP contribution in [-0.4, -0.2) is 47.4 Å². The van der Waals surface area contributed by atoms with Crippen LogP contribution in [0, 0.1) is 5.92 Å². The molecule has 3 rings (SSSR count). The van der Waals surface area contributed by atoms with Gasteiger partial charge in [-0.05, 0) is 50.6 Å². The van der Waals surface area contributed by atoms with Crippen molar-refractivity contribution < 1.29 is 23.9 Å². The van der Waals surface area contributed by atoms with E-state index in [4.69, 9.17) is 4.74 Å². The molecule has 1 atom stereocenters. The van der Waals surface area contributed by atoms with Crippen LogP contribution in [-0.2, 0) is 25.7 Å². The molecule has 0 radical (unpaired) electrons. The fraction of sp³-hybridized carbons (Fsp3) is 0.385. The van der Waals surface area contributed by atoms with Crippen molar-refractivity contribution in [2.75, 3.05) is 23.7 Å². The predicted octanol–water partition coefficient (Wildman–Crippen LogP) is 3.53. The Morgan fingerprint density at radius 1 is 0.971 bits per heavy atom. The average molecular weight is 481 g/mol. The minimum atomic E-state index is -0.599. The number of nitrogens with one attached hydrogen (secondary N) is 3. The Morgan fingerprint density at radius 2 is 1.60 bits per heavy atom. The number of amides is 4. The zero-order chi connectivity index (χ0) is 25.4. The SMILES string of the molecule is CC(C)(C)OC(=O)NCCC(=O)Nc1ccc(NC(=O)C2CC(=O)N(Cc3ccccc3)C2)cc1. The molecule has 0 aromatic heterocycles. The number of carbonyl (C=O) groups excluding carboxylic acids is 4. The maximum Gasteiger partial charge on any atom is 0.407 e. The van der Waals surface area contributed by atoms with Crippen LogP contribution in [0.3, 0.4) is 0 Å². The first kappa shape index (κ1) is 25.7. The number of carbonyl (C=O) groups is 4. The molecule has 1 saturated heterocycles. The molecule has 35 heavy (non-hydrogen) atoms. The first-order valence-corrected chi connectivity index (χ1v) is 11.6. The Bertz CT molecular complexity index is 1050. The van der Waals surface area contributed by atoms with E-state index in [9.17, 15) is 19.2 Å². The van der Waals surface area contributed by atoms with E-state index in [1.165, 1.54) is 0 Å². The number of hydrogen-bond acceptors (Lipinski definition) is 5. The van der Waals surface area contributed by atoms with E-state index in [0.717, 1.165) is 5.56 Å². The van der Waals surface area contributed by atoms with Crippen molar-refractivity contribution in [3.05, 3.63) is 60.2 Å². The van der Waals surface area contributed by atoms with Gasteiger partial charge in [-0.15, -0.1) is 0 Å². The van der Waals surface area contributed by atoms with Gasteiger partial charge in [-0.25, -0.2) is 4.79 Å². The molecular weight excluding hydrogens is 448 g/mol. The summed E-state index contributed by atoms with van der Waals surface area (Å²) in [7, 11) is 0. The molecular formula is C26H32N4O5. The smallest absolute Gasteiger partial charge is 0.407 e. The van der Waals surface area contributed by atoms with Crippen LogP contribution in [0.1, 0.15) is 39.2 Å². The van der Waals surface area contributed by atoms with Gasteiger partial charge in [-0.3, -0.25) is 14.4 Å². The van der Waals surface area contributed by atoms with Gasteiger partial charge in [-0.1, -0.05) is 30.3 Å². The van der Waals surface area contributed by atoms with Gasteiger partial charge in [0.25, 0.3) is 0 Å². The van der Waals surface area contributed by atoms with Crippen molar-refractivity contribution in [3.8, 4) is 0 Å². The number of alkyl carbamates (subject to hydrolysis) is 1. The summed E-state index contributed by atoms with van der Waals surface area (Å²) < 4.78 is 5.12. The van der Waals surface area contributed by atoms with Crippen molar-refractivity contribution in [1.29, 1.82) is 0 Å². The van der Waals surface area contributed by atoms with Gasteiger partial charge in [0.15, 0.2) is 0 Å². The van der Waals surface area contributed by atoms with E-state index in [0.29, 0.717) is 24.5 Å². The minimum Gasteiger partial charge on any atom is -0.444 e. The van der Waals surface area contributed by atoms with Crippen molar-refractivity contribution in [2.45, 2.75) is 45.8 Å². The van der Waals surface area contributed by atoms with Crippen molar-refractivity contribution in [1.82, 2.24) is 10.2 Å². The van der Waals surface area contributed by atoms with Crippen LogP contribution in [0.5, 0.6) is 0 Å². The molecule has 1 aliphatic heterocycles. The molecule has 186 valence electrons. The van der Waals surface area contributed by atoms with Crippen LogP contribution >= 0.6 is 0 Å². The van der Waals surface area contributed by atoms with Crippen molar-refractivity contribution >= 4 is 35.2 Å². The molecule has 4 amide bonds. The second-order valence-corrected chi connectivity index (χ2v) is 9.45. The molecule has 9 nitrogen and oxygen atoms in total. The summed E-state index contributed by atoms with van der Waals surface area (Å²) in [6.45, 7) is 6.31. The third-order valence-corrected chi connectivity index (χ3v) is 5.26. The van der Waals surface area contributed by atoms with E-state index >= 15 is 0 Å². The Labute approximate surface area is 205 Å². The first-order valence-electron chi connectivity index (χ1n) is 11.6. The van der Waals surface area contributed by atoms with Crippen LogP contribution in [0.2, 0.25) is 0 Å². The second-order valence-electron chi connectivity index (χ2n) is 9.45. The molecule has 9 heteroatoms. The summed E-state index contributed by atoms with van der Waals surface area (Å²) in [5.41, 5.74) is 1.57. The minimum absolute atomic E-state index is 0.0341. The van der Waals surface area contributed by atoms with Crippen LogP contribution in [0.4, 0.5) is 16.2 Å². The number of hydrogen-bond donors (Lipinski definition) is 3. The molecule has 1 heterocycles. The second kappa shape index (κ2) is 11.5. The van der Waals surface area contributed by atoms with Gasteiger partial charge >= 0.3 is 6.09 Å². The highest BCUT2D eigenvalue weighted by atomic mass is 16.6. The Kier molecular flexibility index (Phi) is 8.46. The van der Waals surface area contributed by atoms with Crippen molar-refractivity contribution in [3.63, 3.8) is 0 Å². The molecule has 1 aliphatic rings. The third kappa shape index (κ3) is 8.44. The summed E-state index contributed by atoms with van der Waals surface area (Å²) in [4.78, 5) is 50.4. The summed E-state index contributed by atoms with van der Waals surface area (Å²) >= 11 is 0. The van der Waals surface area contributed by atoms with Gasteiger partial charge in [0.1, 0.15) is 5.60 Å². The highest BCUT2D eigenvalue weighted by Crippen LogP contribution is 2.22. The van der Waals surface area contributed by atoms with Gasteiger partial charge in [0, 0.05) is 43.9 Å². The number of rotatable bonds is 8. The molecule has 0 bridgehead atoms. The molecule has 1 unspecified atom stereocenters.